The summed E-state index contributed by atoms with van der Waals surface area (Å²) in [5.74, 6) is 0. The van der Waals surface area contributed by atoms with Crippen molar-refractivity contribution >= 4 is 311 Å². The second-order valence-corrected chi connectivity index (χ2v) is 63.6. The number of benzene rings is 12. The number of fused-ring (bicyclic) bond motifs is 30. The zero-order valence-electron chi connectivity index (χ0n) is 59.0. The van der Waals surface area contributed by atoms with Crippen LogP contribution in [0.5, 0.6) is 0 Å². The summed E-state index contributed by atoms with van der Waals surface area (Å²) in [4.78, 5) is 0. The van der Waals surface area contributed by atoms with Crippen molar-refractivity contribution in [1.29, 1.82) is 0 Å². The molecule has 0 spiro atoms. The van der Waals surface area contributed by atoms with Crippen molar-refractivity contribution < 1.29 is 0 Å². The van der Waals surface area contributed by atoms with Crippen LogP contribution in [0.4, 0.5) is 0 Å². The van der Waals surface area contributed by atoms with Crippen LogP contribution in [-0.4, -0.2) is 152 Å². The summed E-state index contributed by atoms with van der Waals surface area (Å²) < 4.78 is 25.5. The van der Waals surface area contributed by atoms with E-state index < -0.39 is 19.2 Å². The van der Waals surface area contributed by atoms with E-state index in [0.717, 1.165) is 43.5 Å². The van der Waals surface area contributed by atoms with Crippen LogP contribution in [0, 0.1) is 0 Å². The number of aromatic nitrogens is 3. The Kier molecular flexibility index (Phi) is 9.30. The molecule has 18 aliphatic heterocycles. The molecule has 18 aliphatic rings. The fraction of sp³-hybridized carbons (Fsp3) is 0. The Hall–Kier alpha value is -7.01. The molecule has 0 N–H and O–H groups in total. The summed E-state index contributed by atoms with van der Waals surface area (Å²) in [6.45, 7) is 9.73. The second kappa shape index (κ2) is 17.3. The molecular weight excluding hydrogens is 1360 g/mol. The minimum atomic E-state index is -2.01. The van der Waals surface area contributed by atoms with E-state index >= 15 is 0 Å². The monoisotopic (exact) mass is 1420 g/mol. The van der Waals surface area contributed by atoms with Gasteiger partial charge in [-0.3, -0.25) is 0 Å². The minimum absolute atomic E-state index is 0.0678. The summed E-state index contributed by atoms with van der Waals surface area (Å²) in [5, 5.41) is 13.5. The predicted octanol–water partition coefficient (Wildman–Crippen LogP) is 3.96. The van der Waals surface area contributed by atoms with Crippen molar-refractivity contribution in [2.45, 2.75) is 0 Å². The third kappa shape index (κ3) is 6.29. The number of rotatable bonds is 6. The zero-order chi connectivity index (χ0) is 66.8. The summed E-state index contributed by atoms with van der Waals surface area (Å²) in [7, 11) is 1.66. The Morgan fingerprint density at radius 2 is 0.667 bits per heavy atom. The van der Waals surface area contributed by atoms with Crippen LogP contribution >= 0.6 is 41.6 Å². The van der Waals surface area contributed by atoms with E-state index in [0.29, 0.717) is 41.3 Å². The van der Waals surface area contributed by atoms with Crippen LogP contribution in [0.2, 0.25) is 0 Å². The number of hydrogen-bond donors (Lipinski definition) is 0. The van der Waals surface area contributed by atoms with Crippen molar-refractivity contribution in [3.8, 4) is 50.4 Å². The van der Waals surface area contributed by atoms with Crippen molar-refractivity contribution in [3.63, 3.8) is 0 Å². The fourth-order valence-corrected chi connectivity index (χ4v) is 63.9. The van der Waals surface area contributed by atoms with Crippen LogP contribution < -0.4 is 65.1 Å². The van der Waals surface area contributed by atoms with Gasteiger partial charge in [0.15, 0.2) is 0 Å². The van der Waals surface area contributed by atoms with Crippen LogP contribution in [0.3, 0.4) is 0 Å². The average Bonchev–Trinajstić information content (AvgIpc) is 1.43. The summed E-state index contributed by atoms with van der Waals surface area (Å²) in [6, 6.07) is 91.5. The van der Waals surface area contributed by atoms with Gasteiger partial charge in [-0.2, -0.15) is 0 Å². The van der Waals surface area contributed by atoms with Crippen molar-refractivity contribution in [1.82, 2.24) is 13.7 Å². The molecule has 12 saturated heterocycles. The fourth-order valence-electron chi connectivity index (χ4n) is 25.8. The molecule has 0 saturated carbocycles. The third-order valence-corrected chi connectivity index (χ3v) is 67.3. The van der Waals surface area contributed by atoms with E-state index in [-0.39, 0.29) is 43.1 Å². The molecular formula is C72H51B21N6P6-3. The number of nitrogens with zero attached hydrogens (tertiary/aromatic N) is 6. The molecule has 0 unspecified atom stereocenters. The van der Waals surface area contributed by atoms with E-state index in [1.54, 1.807) is 43.2 Å². The maximum atomic E-state index is 5.98. The van der Waals surface area contributed by atoms with Gasteiger partial charge in [0.1, 0.15) is 0 Å². The van der Waals surface area contributed by atoms with Gasteiger partial charge in [-0.15, -0.1) is 0 Å². The molecule has 465 valence electrons. The summed E-state index contributed by atoms with van der Waals surface area (Å²) >= 11 is 0. The van der Waals surface area contributed by atoms with E-state index in [1.165, 1.54) is 150 Å². The van der Waals surface area contributed by atoms with Crippen LogP contribution in [-0.2, 0) is 0 Å². The quantitative estimate of drug-likeness (QED) is 0.179. The second-order valence-electron chi connectivity index (χ2n) is 37.9. The molecule has 33 heteroatoms. The molecule has 3 radical (unpaired) electrons. The Morgan fingerprint density at radius 1 is 0.295 bits per heavy atom. The normalized spacial score (nSPS) is 22.1. The first-order valence-electron chi connectivity index (χ1n) is 40.8. The molecule has 21 heterocycles. The Labute approximate surface area is 619 Å². The maximum absolute atomic E-state index is 5.98. The summed E-state index contributed by atoms with van der Waals surface area (Å²) in [5.41, 5.74) is 35.3. The number of hydrogen-bond acceptors (Lipinski definition) is 3. The molecule has 12 aromatic carbocycles. The van der Waals surface area contributed by atoms with Gasteiger partial charge in [0.25, 0.3) is 0 Å². The molecule has 0 amide bonds. The molecule has 3 aromatic heterocycles. The van der Waals surface area contributed by atoms with Crippen molar-refractivity contribution in [2.24, 2.45) is 13.5 Å². The molecule has 0 bridgehead atoms. The van der Waals surface area contributed by atoms with E-state index in [2.05, 4.69) is 271 Å². The van der Waals surface area contributed by atoms with Crippen molar-refractivity contribution in [3.05, 3.63) is 237 Å². The van der Waals surface area contributed by atoms with Gasteiger partial charge in [0.2, 0.25) is 0 Å². The first-order chi connectivity index (χ1) is 51.8. The van der Waals surface area contributed by atoms with Gasteiger partial charge < -0.3 is 0 Å². The predicted molar refractivity (Wildman–Crippen MR) is 501 cm³/mol. The topological polar surface area (TPSA) is 51.9 Å². The van der Waals surface area contributed by atoms with Gasteiger partial charge in [0.05, 0.1) is 0 Å². The van der Waals surface area contributed by atoms with Gasteiger partial charge in [-0.1, -0.05) is 0 Å². The molecule has 6 nitrogen and oxygen atoms in total. The zero-order valence-corrected chi connectivity index (χ0v) is 64.4. The van der Waals surface area contributed by atoms with Gasteiger partial charge in [-0.25, -0.2) is 0 Å². The molecule has 15 aromatic rings. The Bertz CT molecular complexity index is 7200. The van der Waals surface area contributed by atoms with Gasteiger partial charge in [0, 0.05) is 0 Å². The van der Waals surface area contributed by atoms with Gasteiger partial charge >= 0.3 is 625 Å². The standard InChI is InChI=1S/3C24H17B7N2P2/c1-3-9-18-14(6-1)16-8-5-11-20-22(16)28(18)23-21(35(26-29(35)27-35)32-34-30-25-31(30)34)13-12-17-15-7-2-4-10-19(15)33(20)24(17)23;1-2-11-19-14(6-1)17-9-3-10-18-24(17)33(19)20-12-4-7-15-16-8-5-13-21(23(16)28(18)22(15)20)35(26-29(35)27-35)32-34-30-25-31(30)34;1-2-9-21-16(5-1)18-7-3-8-19-24(18)33(21)22-10-4-6-17-15-12-11-14(13-20(15)28(19)23(17)22)35(26-29(35)27-35)32-34-30-25-31(30)34/h3*1-13H,25-26H2/q3*-1. The van der Waals surface area contributed by atoms with E-state index in [1.807, 2.05) is 0 Å². The third-order valence-electron chi connectivity index (χ3n) is 33.3. The first kappa shape index (κ1) is 56.3. The Morgan fingerprint density at radius 3 is 1.18 bits per heavy atom. The van der Waals surface area contributed by atoms with E-state index in [4.69, 9.17) is 13.5 Å². The van der Waals surface area contributed by atoms with Crippen LogP contribution in [0.1, 0.15) is 0 Å². The van der Waals surface area contributed by atoms with E-state index in [9.17, 15) is 0 Å². The van der Waals surface area contributed by atoms with Crippen LogP contribution in [0.15, 0.2) is 250 Å². The summed E-state index contributed by atoms with van der Waals surface area (Å²) in [6.07, 6.45) is 3.99. The van der Waals surface area contributed by atoms with Gasteiger partial charge in [-0.05, 0) is 0 Å². The average molecular weight is 1410 g/mol. The molecule has 33 rings (SSSR count). The SMILES string of the molecule is [B]1B2[BH2-]P12(N=[P+]1B2[BH2-]B21)c1ccc2c(c1)B1c3c-2cccc3-n2c3ccccc3c3cccc1c32.[B]1B2[BH2-]P12(N=[P+]1B2[BH2-]B21)c1ccc2c3ccccc3n3c2c1B1c2ccccc2-c2cccc-3c21.[B]1B2[BH2-]P12(N=[P+]1B2[BH2-]B21)c1cccc2c1B1c3c-2cccc3-n2c3ccccc3c3cccc1c32. The van der Waals surface area contributed by atoms with Crippen LogP contribution in [0.25, 0.3) is 116 Å². The Balaban J connectivity index is 0.0000000814. The first-order valence-corrected chi connectivity index (χ1v) is 53.4. The van der Waals surface area contributed by atoms with Crippen molar-refractivity contribution in [2.75, 3.05) is 0 Å². The molecule has 105 heavy (non-hydrogen) atoms. The molecule has 0 aliphatic carbocycles. The molecule has 12 fully saturated rings. The number of para-hydroxylation sites is 5. The molecule has 0 atom stereocenters.